The molecule has 0 saturated carbocycles. The van der Waals surface area contributed by atoms with Gasteiger partial charge in [-0.15, -0.1) is 4.95 Å². The molecular weight excluding hydrogens is 460 g/mol. The second kappa shape index (κ2) is 9.80. The van der Waals surface area contributed by atoms with E-state index in [0.717, 1.165) is 49.8 Å². The van der Waals surface area contributed by atoms with Crippen LogP contribution in [0, 0.1) is 6.57 Å². The summed E-state index contributed by atoms with van der Waals surface area (Å²) < 4.78 is 25.4. The van der Waals surface area contributed by atoms with E-state index in [4.69, 9.17) is 11.3 Å². The van der Waals surface area contributed by atoms with Gasteiger partial charge in [0.2, 0.25) is 9.92 Å². The minimum atomic E-state index is -3.50. The van der Waals surface area contributed by atoms with E-state index in [-0.39, 0.29) is 4.90 Å². The molecule has 3 aromatic rings. The molecule has 0 bridgehead atoms. The van der Waals surface area contributed by atoms with Crippen LogP contribution in [0.4, 0.5) is 10.5 Å². The third-order valence-corrected chi connectivity index (χ3v) is 8.17. The Bertz CT molecular complexity index is 1390. The van der Waals surface area contributed by atoms with E-state index in [2.05, 4.69) is 25.5 Å². The molecule has 8 heteroatoms. The molecular formula is C27H26N4O3S. The smallest absolute Gasteiger partial charge is 0.332 e. The maximum atomic E-state index is 13.6. The molecule has 2 aliphatic rings. The Kier molecular flexibility index (Phi) is 6.43. The fourth-order valence-corrected chi connectivity index (χ4v) is 6.05. The molecule has 7 nitrogen and oxygen atoms in total. The van der Waals surface area contributed by atoms with Gasteiger partial charge in [-0.1, -0.05) is 36.4 Å². The predicted octanol–water partition coefficient (Wildman–Crippen LogP) is 5.64. The molecule has 3 aromatic carbocycles. The summed E-state index contributed by atoms with van der Waals surface area (Å²) in [7, 11) is -3.50. The number of nitrogens with zero attached hydrogens (tertiary/aromatic N) is 2. The number of fused-ring (bicyclic) bond motifs is 2. The Morgan fingerprint density at radius 1 is 0.971 bits per heavy atom. The van der Waals surface area contributed by atoms with Gasteiger partial charge in [0.15, 0.2) is 4.47 Å². The van der Waals surface area contributed by atoms with Gasteiger partial charge in [-0.05, 0) is 90.6 Å². The third-order valence-electron chi connectivity index (χ3n) is 6.49. The second-order valence-corrected chi connectivity index (χ2v) is 10.6. The Balaban J connectivity index is 1.33. The number of anilines is 1. The molecule has 178 valence electrons. The minimum Gasteiger partial charge on any atom is -0.489 e. The Hall–Kier alpha value is -3.83. The van der Waals surface area contributed by atoms with Crippen LogP contribution in [0.15, 0.2) is 70.0 Å². The van der Waals surface area contributed by atoms with Crippen molar-refractivity contribution in [1.29, 1.82) is 0 Å². The molecule has 0 fully saturated rings. The van der Waals surface area contributed by atoms with E-state index in [1.165, 1.54) is 22.3 Å². The first-order valence-corrected chi connectivity index (χ1v) is 13.2. The Morgan fingerprint density at radius 3 is 2.26 bits per heavy atom. The highest BCUT2D eigenvalue weighted by Gasteiger charge is 2.26. The normalized spacial score (nSPS) is 15.3. The molecule has 1 unspecified atom stereocenters. The van der Waals surface area contributed by atoms with Crippen LogP contribution in [0.3, 0.4) is 0 Å². The summed E-state index contributed by atoms with van der Waals surface area (Å²) in [6, 6.07) is 17.9. The summed E-state index contributed by atoms with van der Waals surface area (Å²) in [5.74, 6) is 0.585. The summed E-state index contributed by atoms with van der Waals surface area (Å²) in [5, 5.41) is 2.96. The standard InChI is InChI=1S/C27H26N4O3S/c1-28-31-35(33,23-15-13-22(14-16-23)34-18-19-7-3-2-4-8-19)30-27(32)29-26-24-11-5-9-20(24)17-21-10-6-12-25(21)26/h2-4,7-8,13-17H,5-6,9-12,18H2,(H2,29,30,31,32,33). The number of benzene rings is 3. The molecule has 2 N–H and O–H groups in total. The zero-order valence-corrected chi connectivity index (χ0v) is 20.1. The van der Waals surface area contributed by atoms with Gasteiger partial charge in [-0.3, -0.25) is 0 Å². The first-order valence-electron chi connectivity index (χ1n) is 11.7. The van der Waals surface area contributed by atoms with E-state index >= 15 is 0 Å². The average Bonchev–Trinajstić information content (AvgIpc) is 3.53. The highest BCUT2D eigenvalue weighted by Crippen LogP contribution is 2.38. The lowest BCUT2D eigenvalue weighted by atomic mass is 9.99. The summed E-state index contributed by atoms with van der Waals surface area (Å²) in [4.78, 5) is 16.2. The van der Waals surface area contributed by atoms with Crippen molar-refractivity contribution >= 4 is 21.6 Å². The topological polar surface area (TPSA) is 84.2 Å². The Labute approximate surface area is 205 Å². The summed E-state index contributed by atoms with van der Waals surface area (Å²) in [6.07, 6.45) is 6.01. The zero-order valence-electron chi connectivity index (χ0n) is 19.3. The van der Waals surface area contributed by atoms with Crippen molar-refractivity contribution in [3.63, 3.8) is 0 Å². The van der Waals surface area contributed by atoms with Crippen LogP contribution in [-0.2, 0) is 42.2 Å². The van der Waals surface area contributed by atoms with Crippen LogP contribution in [0.1, 0.15) is 40.7 Å². The van der Waals surface area contributed by atoms with Gasteiger partial charge in [0.1, 0.15) is 12.4 Å². The third kappa shape index (κ3) is 4.86. The van der Waals surface area contributed by atoms with Crippen molar-refractivity contribution in [2.75, 3.05) is 5.32 Å². The molecule has 0 heterocycles. The Morgan fingerprint density at radius 2 is 1.63 bits per heavy atom. The number of hydrogen-bond donors (Lipinski definition) is 2. The quantitative estimate of drug-likeness (QED) is 0.349. The van der Waals surface area contributed by atoms with E-state index in [1.807, 2.05) is 30.3 Å². The highest BCUT2D eigenvalue weighted by molar-refractivity contribution is 7.92. The van der Waals surface area contributed by atoms with Gasteiger partial charge in [0.05, 0.1) is 4.90 Å². The van der Waals surface area contributed by atoms with Crippen molar-refractivity contribution < 1.29 is 13.7 Å². The lowest BCUT2D eigenvalue weighted by Gasteiger charge is -2.17. The average molecular weight is 487 g/mol. The van der Waals surface area contributed by atoms with Crippen molar-refractivity contribution in [3.8, 4) is 5.75 Å². The predicted molar refractivity (Wildman–Crippen MR) is 135 cm³/mol. The van der Waals surface area contributed by atoms with E-state index in [1.54, 1.807) is 24.3 Å². The van der Waals surface area contributed by atoms with Crippen molar-refractivity contribution in [1.82, 2.24) is 4.72 Å². The van der Waals surface area contributed by atoms with Crippen LogP contribution in [-0.4, -0.2) is 10.2 Å². The van der Waals surface area contributed by atoms with Gasteiger partial charge < -0.3 is 10.1 Å². The summed E-state index contributed by atoms with van der Waals surface area (Å²) >= 11 is 0. The van der Waals surface area contributed by atoms with Gasteiger partial charge in [-0.2, -0.15) is 6.57 Å². The second-order valence-electron chi connectivity index (χ2n) is 8.74. The van der Waals surface area contributed by atoms with E-state index in [9.17, 15) is 9.00 Å². The number of ether oxygens (including phenoxy) is 1. The maximum Gasteiger partial charge on any atom is 0.332 e. The molecule has 5 rings (SSSR count). The number of aryl methyl sites for hydroxylation is 2. The number of carbonyl (C=O) groups excluding carboxylic acids is 1. The number of urea groups is 1. The molecule has 0 aliphatic heterocycles. The summed E-state index contributed by atoms with van der Waals surface area (Å²) in [6.45, 7) is 7.56. The fourth-order valence-electron chi connectivity index (χ4n) is 4.88. The van der Waals surface area contributed by atoms with Gasteiger partial charge in [-0.25, -0.2) is 13.7 Å². The van der Waals surface area contributed by atoms with Gasteiger partial charge >= 0.3 is 6.03 Å². The largest absolute Gasteiger partial charge is 0.489 e. The van der Waals surface area contributed by atoms with Crippen LogP contribution in [0.2, 0.25) is 0 Å². The van der Waals surface area contributed by atoms with E-state index in [0.29, 0.717) is 12.4 Å². The number of rotatable bonds is 6. The van der Waals surface area contributed by atoms with Crippen molar-refractivity contribution in [2.45, 2.75) is 50.0 Å². The molecule has 0 saturated heterocycles. The molecule has 0 radical (unpaired) electrons. The van der Waals surface area contributed by atoms with Crippen LogP contribution in [0.25, 0.3) is 4.95 Å². The number of amides is 2. The minimum absolute atomic E-state index is 0.235. The van der Waals surface area contributed by atoms with Gasteiger partial charge in [0.25, 0.3) is 0 Å². The van der Waals surface area contributed by atoms with Crippen LogP contribution >= 0.6 is 0 Å². The number of nitrogens with one attached hydrogen (secondary N) is 2. The molecule has 0 spiro atoms. The lowest BCUT2D eigenvalue weighted by molar-refractivity contribution is 0.256. The molecule has 2 amide bonds. The maximum absolute atomic E-state index is 13.6. The van der Waals surface area contributed by atoms with Crippen LogP contribution in [0.5, 0.6) is 5.75 Å². The molecule has 1 atom stereocenters. The SMILES string of the molecule is [C-]#[N+]N=S(=O)(NC(=O)Nc1c2c(cc3c1CCC3)CCC2)c1ccc(OCc2ccccc2)cc1. The lowest BCUT2D eigenvalue weighted by Crippen LogP contribution is -2.34. The highest BCUT2D eigenvalue weighted by atomic mass is 32.2. The molecule has 35 heavy (non-hydrogen) atoms. The fraction of sp³-hybridized carbons (Fsp3) is 0.259. The molecule has 2 aliphatic carbocycles. The zero-order chi connectivity index (χ0) is 24.3. The van der Waals surface area contributed by atoms with Crippen molar-refractivity contribution in [2.24, 2.45) is 4.47 Å². The van der Waals surface area contributed by atoms with Crippen molar-refractivity contribution in [3.05, 3.63) is 100 Å². The van der Waals surface area contributed by atoms with Gasteiger partial charge in [0, 0.05) is 5.69 Å². The first-order chi connectivity index (χ1) is 17.1. The number of carbonyl (C=O) groups is 1. The first kappa shape index (κ1) is 22.9. The number of hydrogen-bond acceptors (Lipinski definition) is 4. The van der Waals surface area contributed by atoms with Crippen LogP contribution < -0.4 is 14.8 Å². The molecule has 0 aromatic heterocycles. The monoisotopic (exact) mass is 486 g/mol. The summed E-state index contributed by atoms with van der Waals surface area (Å²) in [5.41, 5.74) is 6.81. The van der Waals surface area contributed by atoms with E-state index < -0.39 is 15.9 Å².